The first-order valence-corrected chi connectivity index (χ1v) is 7.77. The van der Waals surface area contributed by atoms with Crippen molar-refractivity contribution in [2.24, 2.45) is 0 Å². The van der Waals surface area contributed by atoms with Crippen LogP contribution in [0.15, 0.2) is 23.0 Å². The van der Waals surface area contributed by atoms with E-state index in [1.807, 2.05) is 0 Å². The average molecular weight is 354 g/mol. The van der Waals surface area contributed by atoms with Crippen LogP contribution < -0.4 is 10.4 Å². The second-order valence-electron chi connectivity index (χ2n) is 5.43. The SMILES string of the molecule is COc1ccc(Cn2nc3n(c2=O)C(OC(=O)O)CCC3)cc1Cl. The van der Waals surface area contributed by atoms with Crippen LogP contribution in [0, 0.1) is 0 Å². The molecule has 0 spiro atoms. The molecule has 0 radical (unpaired) electrons. The Balaban J connectivity index is 1.90. The van der Waals surface area contributed by atoms with Crippen LogP contribution in [0.2, 0.25) is 5.02 Å². The van der Waals surface area contributed by atoms with Crippen molar-refractivity contribution < 1.29 is 19.4 Å². The maximum absolute atomic E-state index is 12.6. The average Bonchev–Trinajstić information content (AvgIpc) is 2.84. The molecule has 2 heterocycles. The van der Waals surface area contributed by atoms with Crippen molar-refractivity contribution in [2.75, 3.05) is 7.11 Å². The Morgan fingerprint density at radius 1 is 1.50 bits per heavy atom. The Kier molecular flexibility index (Phi) is 4.48. The third kappa shape index (κ3) is 3.09. The van der Waals surface area contributed by atoms with Gasteiger partial charge in [0.25, 0.3) is 0 Å². The van der Waals surface area contributed by atoms with E-state index < -0.39 is 18.1 Å². The highest BCUT2D eigenvalue weighted by Crippen LogP contribution is 2.26. The molecule has 0 bridgehead atoms. The van der Waals surface area contributed by atoms with E-state index in [1.165, 1.54) is 16.4 Å². The van der Waals surface area contributed by atoms with Crippen LogP contribution in [0.5, 0.6) is 5.75 Å². The lowest BCUT2D eigenvalue weighted by atomic mass is 10.1. The van der Waals surface area contributed by atoms with Crippen LogP contribution in [0.25, 0.3) is 0 Å². The Hall–Kier alpha value is -2.48. The standard InChI is InChI=1S/C15H16ClN3O5/c1-23-11-6-5-9(7-10(11)16)8-18-14(20)19-12(17-18)3-2-4-13(19)24-15(21)22/h5-7,13H,2-4,8H2,1H3,(H,21,22). The predicted octanol–water partition coefficient (Wildman–Crippen LogP) is 2.28. The topological polar surface area (TPSA) is 95.6 Å². The van der Waals surface area contributed by atoms with Gasteiger partial charge in [-0.2, -0.15) is 5.10 Å². The maximum Gasteiger partial charge on any atom is 0.507 e. The van der Waals surface area contributed by atoms with Crippen molar-refractivity contribution in [3.8, 4) is 5.75 Å². The molecule has 128 valence electrons. The van der Waals surface area contributed by atoms with Gasteiger partial charge in [-0.05, 0) is 24.1 Å². The molecule has 9 heteroatoms. The van der Waals surface area contributed by atoms with Gasteiger partial charge in [-0.25, -0.2) is 18.8 Å². The largest absolute Gasteiger partial charge is 0.507 e. The number of halogens is 1. The van der Waals surface area contributed by atoms with E-state index in [0.29, 0.717) is 35.9 Å². The van der Waals surface area contributed by atoms with Gasteiger partial charge in [0, 0.05) is 12.8 Å². The van der Waals surface area contributed by atoms with E-state index >= 15 is 0 Å². The minimum atomic E-state index is -1.41. The molecular weight excluding hydrogens is 338 g/mol. The number of ether oxygens (including phenoxy) is 2. The predicted molar refractivity (Wildman–Crippen MR) is 84.7 cm³/mol. The third-order valence-corrected chi connectivity index (χ3v) is 4.16. The van der Waals surface area contributed by atoms with E-state index in [-0.39, 0.29) is 6.54 Å². The number of aryl methyl sites for hydroxylation is 1. The number of nitrogens with zero attached hydrogens (tertiary/aromatic N) is 3. The zero-order valence-electron chi connectivity index (χ0n) is 12.9. The molecule has 8 nitrogen and oxygen atoms in total. The summed E-state index contributed by atoms with van der Waals surface area (Å²) >= 11 is 6.09. The first kappa shape index (κ1) is 16.4. The number of hydrogen-bond donors (Lipinski definition) is 1. The molecule has 2 aromatic rings. The highest BCUT2D eigenvalue weighted by Gasteiger charge is 2.28. The normalized spacial score (nSPS) is 16.5. The summed E-state index contributed by atoms with van der Waals surface area (Å²) in [6.45, 7) is 0.225. The molecule has 0 saturated carbocycles. The quantitative estimate of drug-likeness (QED) is 0.847. The number of carbonyl (C=O) groups is 1. The summed E-state index contributed by atoms with van der Waals surface area (Å²) in [4.78, 5) is 23.3. The Morgan fingerprint density at radius 2 is 2.29 bits per heavy atom. The van der Waals surface area contributed by atoms with E-state index in [2.05, 4.69) is 5.10 Å². The molecule has 24 heavy (non-hydrogen) atoms. The Bertz CT molecular complexity index is 829. The second-order valence-corrected chi connectivity index (χ2v) is 5.83. The number of aromatic nitrogens is 3. The van der Waals surface area contributed by atoms with Gasteiger partial charge >= 0.3 is 11.8 Å². The number of hydrogen-bond acceptors (Lipinski definition) is 5. The van der Waals surface area contributed by atoms with E-state index in [9.17, 15) is 9.59 Å². The molecule has 0 fully saturated rings. The third-order valence-electron chi connectivity index (χ3n) is 3.87. The van der Waals surface area contributed by atoms with Crippen LogP contribution in [-0.4, -0.2) is 32.7 Å². The molecule has 1 aliphatic heterocycles. The van der Waals surface area contributed by atoms with Crippen molar-refractivity contribution in [1.82, 2.24) is 14.3 Å². The van der Waals surface area contributed by atoms with E-state index in [1.54, 1.807) is 18.2 Å². The van der Waals surface area contributed by atoms with E-state index in [0.717, 1.165) is 5.56 Å². The smallest absolute Gasteiger partial charge is 0.495 e. The molecule has 3 rings (SSSR count). The van der Waals surface area contributed by atoms with Crippen molar-refractivity contribution in [3.63, 3.8) is 0 Å². The first-order valence-electron chi connectivity index (χ1n) is 7.40. The summed E-state index contributed by atoms with van der Waals surface area (Å²) < 4.78 is 12.5. The molecule has 1 aliphatic rings. The van der Waals surface area contributed by atoms with Crippen molar-refractivity contribution in [2.45, 2.75) is 32.0 Å². The molecule has 0 saturated heterocycles. The number of rotatable bonds is 4. The summed E-state index contributed by atoms with van der Waals surface area (Å²) in [5, 5.41) is 13.6. The monoisotopic (exact) mass is 353 g/mol. The van der Waals surface area contributed by atoms with E-state index in [4.69, 9.17) is 26.2 Å². The summed E-state index contributed by atoms with van der Waals surface area (Å²) in [5.74, 6) is 1.07. The van der Waals surface area contributed by atoms with Gasteiger partial charge in [0.15, 0.2) is 6.23 Å². The van der Waals surface area contributed by atoms with Crippen molar-refractivity contribution in [1.29, 1.82) is 0 Å². The molecule has 1 atom stereocenters. The molecule has 0 amide bonds. The van der Waals surface area contributed by atoms with Gasteiger partial charge < -0.3 is 14.6 Å². The fraction of sp³-hybridized carbons (Fsp3) is 0.400. The Labute approximate surface area is 142 Å². The molecular formula is C15H16ClN3O5. The number of carboxylic acid groups (broad SMARTS) is 1. The van der Waals surface area contributed by atoms with Gasteiger partial charge in [-0.1, -0.05) is 17.7 Å². The van der Waals surface area contributed by atoms with Gasteiger partial charge in [0.1, 0.15) is 11.6 Å². The van der Waals surface area contributed by atoms with Gasteiger partial charge in [0.2, 0.25) is 0 Å². The van der Waals surface area contributed by atoms with Gasteiger partial charge in [-0.3, -0.25) is 0 Å². The minimum Gasteiger partial charge on any atom is -0.495 e. The summed E-state index contributed by atoms with van der Waals surface area (Å²) in [5.41, 5.74) is 0.386. The number of methoxy groups -OCH3 is 1. The van der Waals surface area contributed by atoms with Crippen LogP contribution in [0.1, 0.15) is 30.5 Å². The zero-order valence-corrected chi connectivity index (χ0v) is 13.7. The van der Waals surface area contributed by atoms with Crippen LogP contribution in [0.4, 0.5) is 4.79 Å². The Morgan fingerprint density at radius 3 is 2.96 bits per heavy atom. The van der Waals surface area contributed by atoms with Crippen LogP contribution >= 0.6 is 11.6 Å². The lowest BCUT2D eigenvalue weighted by Crippen LogP contribution is -2.33. The fourth-order valence-electron chi connectivity index (χ4n) is 2.80. The lowest BCUT2D eigenvalue weighted by molar-refractivity contribution is 0.00392. The lowest BCUT2D eigenvalue weighted by Gasteiger charge is -2.21. The molecule has 1 N–H and O–H groups in total. The zero-order chi connectivity index (χ0) is 17.3. The highest BCUT2D eigenvalue weighted by molar-refractivity contribution is 6.32. The highest BCUT2D eigenvalue weighted by atomic mass is 35.5. The second kappa shape index (κ2) is 6.56. The molecule has 1 aromatic heterocycles. The summed E-state index contributed by atoms with van der Waals surface area (Å²) in [7, 11) is 1.53. The van der Waals surface area contributed by atoms with Crippen molar-refractivity contribution in [3.05, 3.63) is 45.1 Å². The number of benzene rings is 1. The molecule has 1 unspecified atom stereocenters. The van der Waals surface area contributed by atoms with Crippen molar-refractivity contribution >= 4 is 17.8 Å². The molecule has 1 aromatic carbocycles. The number of fused-ring (bicyclic) bond motifs is 1. The fourth-order valence-corrected chi connectivity index (χ4v) is 3.08. The summed E-state index contributed by atoms with van der Waals surface area (Å²) in [6.07, 6.45) is -0.464. The first-order chi connectivity index (χ1) is 11.5. The maximum atomic E-state index is 12.6. The van der Waals surface area contributed by atoms with Gasteiger partial charge in [-0.15, -0.1) is 0 Å². The minimum absolute atomic E-state index is 0.225. The summed E-state index contributed by atoms with van der Waals surface area (Å²) in [6, 6.07) is 5.21. The van der Waals surface area contributed by atoms with Gasteiger partial charge in [0.05, 0.1) is 18.7 Å². The van der Waals surface area contributed by atoms with Crippen LogP contribution in [-0.2, 0) is 17.7 Å². The molecule has 0 aliphatic carbocycles. The van der Waals surface area contributed by atoms with Crippen LogP contribution in [0.3, 0.4) is 0 Å².